The van der Waals surface area contributed by atoms with Gasteiger partial charge in [-0.1, -0.05) is 6.07 Å². The summed E-state index contributed by atoms with van der Waals surface area (Å²) >= 11 is 0. The topological polar surface area (TPSA) is 71.1 Å². The first-order valence-electron chi connectivity index (χ1n) is 5.21. The third kappa shape index (κ3) is 7.27. The van der Waals surface area contributed by atoms with Gasteiger partial charge >= 0.3 is 0 Å². The lowest BCUT2D eigenvalue weighted by atomic mass is 10.3. The number of rotatable bonds is 7. The fraction of sp³-hybridized carbons (Fsp3) is 0.500. The number of sulfonamides is 1. The molecule has 0 fully saturated rings. The average molecular weight is 280 g/mol. The number of pyridine rings is 1. The minimum absolute atomic E-state index is 0. The van der Waals surface area contributed by atoms with E-state index in [1.807, 2.05) is 12.1 Å². The molecular weight excluding hydrogens is 262 g/mol. The molecule has 1 rings (SSSR count). The number of nitrogens with zero attached hydrogens (tertiary/aromatic N) is 1. The molecule has 1 heterocycles. The summed E-state index contributed by atoms with van der Waals surface area (Å²) in [6, 6.07) is 3.84. The van der Waals surface area contributed by atoms with Gasteiger partial charge in [0.05, 0.1) is 5.75 Å². The predicted molar refractivity (Wildman–Crippen MR) is 70.7 cm³/mol. The van der Waals surface area contributed by atoms with Crippen LogP contribution in [0.5, 0.6) is 0 Å². The Balaban J connectivity index is 0.00000256. The van der Waals surface area contributed by atoms with Gasteiger partial charge in [-0.3, -0.25) is 4.98 Å². The molecule has 0 bridgehead atoms. The first kappa shape index (κ1) is 16.3. The molecule has 98 valence electrons. The van der Waals surface area contributed by atoms with Gasteiger partial charge in [0.25, 0.3) is 0 Å². The quantitative estimate of drug-likeness (QED) is 0.715. The molecule has 0 radical (unpaired) electrons. The van der Waals surface area contributed by atoms with Gasteiger partial charge in [0, 0.05) is 32.0 Å². The molecule has 17 heavy (non-hydrogen) atoms. The Bertz CT molecular complexity index is 397. The summed E-state index contributed by atoms with van der Waals surface area (Å²) in [5.41, 5.74) is 1.08. The number of halogens is 1. The molecular formula is C10H18ClN3O2S. The van der Waals surface area contributed by atoms with Gasteiger partial charge in [0.2, 0.25) is 10.0 Å². The lowest BCUT2D eigenvalue weighted by molar-refractivity contribution is 0.577. The summed E-state index contributed by atoms with van der Waals surface area (Å²) in [5, 5.41) is 3.13. The van der Waals surface area contributed by atoms with Crippen LogP contribution in [-0.2, 0) is 16.6 Å². The lowest BCUT2D eigenvalue weighted by Gasteiger charge is -2.06. The van der Waals surface area contributed by atoms with Crippen LogP contribution in [0.1, 0.15) is 12.5 Å². The van der Waals surface area contributed by atoms with Gasteiger partial charge in [-0.05, 0) is 18.6 Å². The van der Waals surface area contributed by atoms with E-state index in [1.54, 1.807) is 19.3 Å². The van der Waals surface area contributed by atoms with Crippen LogP contribution in [0.15, 0.2) is 24.5 Å². The van der Waals surface area contributed by atoms with E-state index in [0.717, 1.165) is 5.56 Å². The van der Waals surface area contributed by atoms with Crippen molar-refractivity contribution in [3.05, 3.63) is 30.1 Å². The standard InChI is InChI=1S/C10H17N3O2S.ClH/c1-2-16(14,15)13-7-6-12-9-10-4-3-5-11-8-10;/h3-5,8,12-13H,2,6-7,9H2,1H3;1H. The fourth-order valence-corrected chi connectivity index (χ4v) is 1.75. The van der Waals surface area contributed by atoms with Crippen molar-refractivity contribution in [1.29, 1.82) is 0 Å². The van der Waals surface area contributed by atoms with Crippen LogP contribution >= 0.6 is 12.4 Å². The van der Waals surface area contributed by atoms with Crippen LogP contribution in [-0.4, -0.2) is 32.2 Å². The van der Waals surface area contributed by atoms with Crippen molar-refractivity contribution in [3.63, 3.8) is 0 Å². The Hall–Kier alpha value is -0.690. The van der Waals surface area contributed by atoms with Gasteiger partial charge in [-0.2, -0.15) is 0 Å². The minimum atomic E-state index is -3.07. The Morgan fingerprint density at radius 2 is 2.12 bits per heavy atom. The predicted octanol–water partition coefficient (Wildman–Crippen LogP) is 0.532. The first-order chi connectivity index (χ1) is 7.64. The highest BCUT2D eigenvalue weighted by atomic mass is 35.5. The maximum atomic E-state index is 11.1. The van der Waals surface area contributed by atoms with E-state index in [9.17, 15) is 8.42 Å². The van der Waals surface area contributed by atoms with E-state index in [2.05, 4.69) is 15.0 Å². The third-order valence-corrected chi connectivity index (χ3v) is 3.46. The van der Waals surface area contributed by atoms with Gasteiger partial charge in [-0.15, -0.1) is 12.4 Å². The summed E-state index contributed by atoms with van der Waals surface area (Å²) in [7, 11) is -3.07. The molecule has 1 aromatic heterocycles. The first-order valence-corrected chi connectivity index (χ1v) is 6.86. The molecule has 0 saturated heterocycles. The molecule has 0 amide bonds. The summed E-state index contributed by atoms with van der Waals surface area (Å²) in [4.78, 5) is 3.98. The van der Waals surface area contributed by atoms with Crippen molar-refractivity contribution in [1.82, 2.24) is 15.0 Å². The van der Waals surface area contributed by atoms with Crippen LogP contribution in [0, 0.1) is 0 Å². The smallest absolute Gasteiger partial charge is 0.211 e. The molecule has 5 nitrogen and oxygen atoms in total. The number of nitrogens with one attached hydrogen (secondary N) is 2. The Labute approximate surface area is 108 Å². The van der Waals surface area contributed by atoms with Gasteiger partial charge < -0.3 is 5.32 Å². The van der Waals surface area contributed by atoms with Crippen LogP contribution in [0.25, 0.3) is 0 Å². The summed E-state index contributed by atoms with van der Waals surface area (Å²) in [5.74, 6) is 0.121. The molecule has 0 aliphatic rings. The van der Waals surface area contributed by atoms with Crippen molar-refractivity contribution < 1.29 is 8.42 Å². The highest BCUT2D eigenvalue weighted by molar-refractivity contribution is 7.89. The molecule has 0 aromatic carbocycles. The van der Waals surface area contributed by atoms with Crippen molar-refractivity contribution in [3.8, 4) is 0 Å². The SMILES string of the molecule is CCS(=O)(=O)NCCNCc1cccnc1.Cl. The molecule has 0 aliphatic heterocycles. The van der Waals surface area contributed by atoms with E-state index in [4.69, 9.17) is 0 Å². The highest BCUT2D eigenvalue weighted by Gasteiger charge is 2.03. The number of aromatic nitrogens is 1. The van der Waals surface area contributed by atoms with Crippen molar-refractivity contribution >= 4 is 22.4 Å². The third-order valence-electron chi connectivity index (χ3n) is 2.06. The Morgan fingerprint density at radius 3 is 2.71 bits per heavy atom. The fourth-order valence-electron chi connectivity index (χ4n) is 1.13. The van der Waals surface area contributed by atoms with Gasteiger partial charge in [0.1, 0.15) is 0 Å². The van der Waals surface area contributed by atoms with Crippen LogP contribution in [0.2, 0.25) is 0 Å². The van der Waals surface area contributed by atoms with Crippen molar-refractivity contribution in [2.24, 2.45) is 0 Å². The van der Waals surface area contributed by atoms with Crippen molar-refractivity contribution in [2.75, 3.05) is 18.8 Å². The number of hydrogen-bond acceptors (Lipinski definition) is 4. The Kier molecular flexibility index (Phi) is 8.07. The second-order valence-corrected chi connectivity index (χ2v) is 5.43. The molecule has 1 aromatic rings. The number of hydrogen-bond donors (Lipinski definition) is 2. The van der Waals surface area contributed by atoms with E-state index >= 15 is 0 Å². The van der Waals surface area contributed by atoms with Gasteiger partial charge in [-0.25, -0.2) is 13.1 Å². The van der Waals surface area contributed by atoms with E-state index in [-0.39, 0.29) is 18.2 Å². The second-order valence-electron chi connectivity index (χ2n) is 3.34. The molecule has 0 spiro atoms. The molecule has 0 unspecified atom stereocenters. The van der Waals surface area contributed by atoms with Crippen molar-refractivity contribution in [2.45, 2.75) is 13.5 Å². The summed E-state index contributed by atoms with van der Waals surface area (Å²) in [6.07, 6.45) is 3.50. The lowest BCUT2D eigenvalue weighted by Crippen LogP contribution is -2.32. The van der Waals surface area contributed by atoms with Crippen LogP contribution in [0.3, 0.4) is 0 Å². The molecule has 0 aliphatic carbocycles. The average Bonchev–Trinajstić information content (AvgIpc) is 2.30. The molecule has 2 N–H and O–H groups in total. The highest BCUT2D eigenvalue weighted by Crippen LogP contribution is 1.93. The minimum Gasteiger partial charge on any atom is -0.311 e. The maximum absolute atomic E-state index is 11.1. The zero-order chi connectivity index (χ0) is 11.9. The zero-order valence-corrected chi connectivity index (χ0v) is 11.4. The zero-order valence-electron chi connectivity index (χ0n) is 9.72. The van der Waals surface area contributed by atoms with E-state index < -0.39 is 10.0 Å². The normalized spacial score (nSPS) is 10.9. The molecule has 0 saturated carbocycles. The second kappa shape index (κ2) is 8.41. The van der Waals surface area contributed by atoms with Gasteiger partial charge in [0.15, 0.2) is 0 Å². The Morgan fingerprint density at radius 1 is 1.35 bits per heavy atom. The molecule has 7 heteroatoms. The maximum Gasteiger partial charge on any atom is 0.211 e. The monoisotopic (exact) mass is 279 g/mol. The van der Waals surface area contributed by atoms with Crippen LogP contribution < -0.4 is 10.0 Å². The molecule has 0 atom stereocenters. The summed E-state index contributed by atoms with van der Waals surface area (Å²) < 4.78 is 24.7. The largest absolute Gasteiger partial charge is 0.311 e. The van der Waals surface area contributed by atoms with E-state index in [1.165, 1.54) is 0 Å². The van der Waals surface area contributed by atoms with E-state index in [0.29, 0.717) is 19.6 Å². The summed E-state index contributed by atoms with van der Waals surface area (Å²) in [6.45, 7) is 3.33. The van der Waals surface area contributed by atoms with Crippen LogP contribution in [0.4, 0.5) is 0 Å².